The molecule has 1 aliphatic carbocycles. The van der Waals surface area contributed by atoms with Gasteiger partial charge in [-0.05, 0) is 29.4 Å². The van der Waals surface area contributed by atoms with Crippen molar-refractivity contribution in [3.8, 4) is 0 Å². The van der Waals surface area contributed by atoms with Crippen LogP contribution in [0.1, 0.15) is 43.1 Å². The predicted molar refractivity (Wildman–Crippen MR) is 85.1 cm³/mol. The van der Waals surface area contributed by atoms with Crippen molar-refractivity contribution >= 4 is 11.3 Å². The van der Waals surface area contributed by atoms with Crippen molar-refractivity contribution in [2.24, 2.45) is 5.41 Å². The second kappa shape index (κ2) is 5.66. The number of nitrogens with zero attached hydrogens (tertiary/aromatic N) is 1. The molecule has 0 saturated carbocycles. The van der Waals surface area contributed by atoms with Crippen LogP contribution >= 0.6 is 11.3 Å². The Balaban J connectivity index is 1.72. The standard InChI is InChI=1S/C17H22N2S/c1-17(2)9-7-13-5-3-4-6-15(13)16(17)18-10-8-14-11-20-12-19-14/h3-6,11-12,16,18H,7-10H2,1-2H3. The van der Waals surface area contributed by atoms with E-state index in [1.54, 1.807) is 11.3 Å². The first-order valence-corrected chi connectivity index (χ1v) is 8.29. The molecule has 106 valence electrons. The van der Waals surface area contributed by atoms with Crippen molar-refractivity contribution in [2.45, 2.75) is 39.2 Å². The summed E-state index contributed by atoms with van der Waals surface area (Å²) < 4.78 is 0. The number of thiazole rings is 1. The first-order chi connectivity index (χ1) is 9.67. The maximum absolute atomic E-state index is 4.36. The van der Waals surface area contributed by atoms with Crippen LogP contribution in [0.25, 0.3) is 0 Å². The van der Waals surface area contributed by atoms with Crippen LogP contribution in [-0.2, 0) is 12.8 Å². The second-order valence-electron chi connectivity index (χ2n) is 6.30. The van der Waals surface area contributed by atoms with Crippen molar-refractivity contribution in [3.05, 3.63) is 52.0 Å². The van der Waals surface area contributed by atoms with Gasteiger partial charge in [-0.15, -0.1) is 11.3 Å². The van der Waals surface area contributed by atoms with Crippen molar-refractivity contribution in [2.75, 3.05) is 6.54 Å². The number of aromatic nitrogens is 1. The smallest absolute Gasteiger partial charge is 0.0794 e. The fraction of sp³-hybridized carbons (Fsp3) is 0.471. The molecule has 0 bridgehead atoms. The van der Waals surface area contributed by atoms with E-state index >= 15 is 0 Å². The number of hydrogen-bond donors (Lipinski definition) is 1. The zero-order chi connectivity index (χ0) is 14.0. The van der Waals surface area contributed by atoms with Crippen LogP contribution in [0.3, 0.4) is 0 Å². The lowest BCUT2D eigenvalue weighted by Gasteiger charge is -2.40. The molecule has 2 aromatic rings. The molecule has 3 rings (SSSR count). The third-order valence-corrected chi connectivity index (χ3v) is 5.03. The lowest BCUT2D eigenvalue weighted by atomic mass is 9.70. The summed E-state index contributed by atoms with van der Waals surface area (Å²) in [5.41, 5.74) is 6.43. The normalized spacial score (nSPS) is 20.6. The van der Waals surface area contributed by atoms with E-state index in [0.717, 1.165) is 13.0 Å². The molecule has 0 aliphatic heterocycles. The molecule has 20 heavy (non-hydrogen) atoms. The third-order valence-electron chi connectivity index (χ3n) is 4.40. The Bertz CT molecular complexity index is 560. The topological polar surface area (TPSA) is 24.9 Å². The summed E-state index contributed by atoms with van der Waals surface area (Å²) in [6.07, 6.45) is 3.46. The van der Waals surface area contributed by atoms with Crippen molar-refractivity contribution in [1.29, 1.82) is 0 Å². The van der Waals surface area contributed by atoms with Gasteiger partial charge in [0.25, 0.3) is 0 Å². The highest BCUT2D eigenvalue weighted by atomic mass is 32.1. The summed E-state index contributed by atoms with van der Waals surface area (Å²) in [4.78, 5) is 4.36. The Morgan fingerprint density at radius 2 is 2.20 bits per heavy atom. The van der Waals surface area contributed by atoms with Gasteiger partial charge < -0.3 is 5.32 Å². The molecule has 1 N–H and O–H groups in total. The average molecular weight is 286 g/mol. The molecule has 1 aromatic heterocycles. The average Bonchev–Trinajstić information content (AvgIpc) is 2.94. The first kappa shape index (κ1) is 13.8. The first-order valence-electron chi connectivity index (χ1n) is 7.35. The van der Waals surface area contributed by atoms with Gasteiger partial charge in [0.1, 0.15) is 0 Å². The number of benzene rings is 1. The molecule has 2 nitrogen and oxygen atoms in total. The van der Waals surface area contributed by atoms with E-state index in [4.69, 9.17) is 0 Å². The minimum absolute atomic E-state index is 0.316. The molecule has 0 fully saturated rings. The Morgan fingerprint density at radius 1 is 1.35 bits per heavy atom. The fourth-order valence-electron chi connectivity index (χ4n) is 3.16. The molecule has 0 amide bonds. The zero-order valence-electron chi connectivity index (χ0n) is 12.2. The van der Waals surface area contributed by atoms with Gasteiger partial charge in [-0.25, -0.2) is 4.98 Å². The molecule has 0 saturated heterocycles. The van der Waals surface area contributed by atoms with E-state index in [1.807, 2.05) is 5.51 Å². The minimum atomic E-state index is 0.316. The van der Waals surface area contributed by atoms with Crippen molar-refractivity contribution in [1.82, 2.24) is 10.3 Å². The van der Waals surface area contributed by atoms with Crippen LogP contribution in [0.4, 0.5) is 0 Å². The summed E-state index contributed by atoms with van der Waals surface area (Å²) in [6.45, 7) is 5.75. The van der Waals surface area contributed by atoms with E-state index in [9.17, 15) is 0 Å². The number of rotatable bonds is 4. The Labute approximate surface area is 125 Å². The molecule has 3 heteroatoms. The van der Waals surface area contributed by atoms with Crippen molar-refractivity contribution in [3.63, 3.8) is 0 Å². The SMILES string of the molecule is CC1(C)CCc2ccccc2C1NCCc1cscn1. The van der Waals surface area contributed by atoms with Crippen LogP contribution in [0, 0.1) is 5.41 Å². The number of nitrogens with one attached hydrogen (secondary N) is 1. The number of hydrogen-bond acceptors (Lipinski definition) is 3. The molecule has 1 aromatic carbocycles. The number of aryl methyl sites for hydroxylation is 1. The summed E-state index contributed by atoms with van der Waals surface area (Å²) in [5, 5.41) is 5.91. The Kier molecular flexibility index (Phi) is 3.90. The largest absolute Gasteiger partial charge is 0.309 e. The lowest BCUT2D eigenvalue weighted by molar-refractivity contribution is 0.210. The molecule has 1 heterocycles. The van der Waals surface area contributed by atoms with E-state index in [2.05, 4.69) is 53.8 Å². The maximum Gasteiger partial charge on any atom is 0.0794 e. The van der Waals surface area contributed by atoms with Gasteiger partial charge in [-0.1, -0.05) is 38.1 Å². The van der Waals surface area contributed by atoms with Crippen LogP contribution in [0.15, 0.2) is 35.2 Å². The van der Waals surface area contributed by atoms with E-state index in [0.29, 0.717) is 11.5 Å². The molecular weight excluding hydrogens is 264 g/mol. The quantitative estimate of drug-likeness (QED) is 0.919. The van der Waals surface area contributed by atoms with E-state index < -0.39 is 0 Å². The Morgan fingerprint density at radius 3 is 3.00 bits per heavy atom. The number of fused-ring (bicyclic) bond motifs is 1. The minimum Gasteiger partial charge on any atom is -0.309 e. The van der Waals surface area contributed by atoms with Crippen molar-refractivity contribution < 1.29 is 0 Å². The highest BCUT2D eigenvalue weighted by molar-refractivity contribution is 7.07. The van der Waals surface area contributed by atoms with Gasteiger partial charge in [-0.2, -0.15) is 0 Å². The fourth-order valence-corrected chi connectivity index (χ4v) is 3.75. The van der Waals surface area contributed by atoms with Crippen LogP contribution < -0.4 is 5.32 Å². The lowest BCUT2D eigenvalue weighted by Crippen LogP contribution is -2.39. The van der Waals surface area contributed by atoms with Gasteiger partial charge in [0.2, 0.25) is 0 Å². The zero-order valence-corrected chi connectivity index (χ0v) is 13.0. The molecule has 1 atom stereocenters. The monoisotopic (exact) mass is 286 g/mol. The summed E-state index contributed by atoms with van der Waals surface area (Å²) in [7, 11) is 0. The maximum atomic E-state index is 4.36. The van der Waals surface area contributed by atoms with Crippen LogP contribution in [-0.4, -0.2) is 11.5 Å². The van der Waals surface area contributed by atoms with Gasteiger partial charge in [0.15, 0.2) is 0 Å². The van der Waals surface area contributed by atoms with E-state index in [1.165, 1.54) is 29.7 Å². The van der Waals surface area contributed by atoms with Crippen LogP contribution in [0.2, 0.25) is 0 Å². The highest BCUT2D eigenvalue weighted by Crippen LogP contribution is 2.43. The van der Waals surface area contributed by atoms with Gasteiger partial charge in [-0.3, -0.25) is 0 Å². The van der Waals surface area contributed by atoms with E-state index in [-0.39, 0.29) is 0 Å². The molecule has 0 radical (unpaired) electrons. The third kappa shape index (κ3) is 2.79. The Hall–Kier alpha value is -1.19. The highest BCUT2D eigenvalue weighted by Gasteiger charge is 2.35. The molecular formula is C17H22N2S. The van der Waals surface area contributed by atoms with Gasteiger partial charge in [0.05, 0.1) is 11.2 Å². The van der Waals surface area contributed by atoms with Gasteiger partial charge in [0, 0.05) is 24.4 Å². The molecule has 0 spiro atoms. The molecule has 1 aliphatic rings. The molecule has 1 unspecified atom stereocenters. The van der Waals surface area contributed by atoms with Gasteiger partial charge >= 0.3 is 0 Å². The summed E-state index contributed by atoms with van der Waals surface area (Å²) in [6, 6.07) is 9.33. The predicted octanol–water partition coefficient (Wildman–Crippen LogP) is 3.99. The second-order valence-corrected chi connectivity index (χ2v) is 7.02. The summed E-state index contributed by atoms with van der Waals surface area (Å²) >= 11 is 1.68. The summed E-state index contributed by atoms with van der Waals surface area (Å²) in [5.74, 6) is 0. The van der Waals surface area contributed by atoms with Crippen LogP contribution in [0.5, 0.6) is 0 Å².